The molecule has 1 aromatic heterocycles. The predicted octanol–water partition coefficient (Wildman–Crippen LogP) is 1.65. The van der Waals surface area contributed by atoms with Gasteiger partial charge in [-0.1, -0.05) is 18.5 Å². The van der Waals surface area contributed by atoms with Gasteiger partial charge in [-0.05, 0) is 12.8 Å². The molecule has 16 heavy (non-hydrogen) atoms. The van der Waals surface area contributed by atoms with Crippen LogP contribution in [0.4, 0.5) is 5.82 Å². The van der Waals surface area contributed by atoms with Crippen LogP contribution in [0.2, 0.25) is 5.15 Å². The quantitative estimate of drug-likeness (QED) is 0.818. The van der Waals surface area contributed by atoms with E-state index < -0.39 is 0 Å². The lowest BCUT2D eigenvalue weighted by Crippen LogP contribution is -2.22. The number of aliphatic hydroxyl groups excluding tert-OH is 1. The van der Waals surface area contributed by atoms with Crippen LogP contribution in [0.3, 0.4) is 0 Å². The standard InChI is InChI=1S/C11H16ClN3O/c1-2-3-10-13-9(12)6-11(14-10)15-5-4-8(16)7-15/h6,8,16H,2-5,7H2,1H3. The van der Waals surface area contributed by atoms with Crippen LogP contribution in [0.1, 0.15) is 25.6 Å². The zero-order valence-corrected chi connectivity index (χ0v) is 10.1. The van der Waals surface area contributed by atoms with Crippen LogP contribution in [0.5, 0.6) is 0 Å². The number of hydrogen-bond donors (Lipinski definition) is 1. The summed E-state index contributed by atoms with van der Waals surface area (Å²) in [6.07, 6.45) is 2.39. The molecule has 1 aromatic rings. The molecule has 0 aliphatic carbocycles. The monoisotopic (exact) mass is 241 g/mol. The molecule has 1 fully saturated rings. The van der Waals surface area contributed by atoms with E-state index >= 15 is 0 Å². The van der Waals surface area contributed by atoms with Gasteiger partial charge < -0.3 is 10.0 Å². The number of β-amino-alcohol motifs (C(OH)–C–C–N with tert-alkyl or cyclic N) is 1. The minimum absolute atomic E-state index is 0.247. The largest absolute Gasteiger partial charge is 0.391 e. The Morgan fingerprint density at radius 3 is 3.00 bits per heavy atom. The van der Waals surface area contributed by atoms with Crippen molar-refractivity contribution >= 4 is 17.4 Å². The maximum absolute atomic E-state index is 9.48. The molecule has 0 spiro atoms. The van der Waals surface area contributed by atoms with Crippen LogP contribution >= 0.6 is 11.6 Å². The lowest BCUT2D eigenvalue weighted by atomic mass is 10.3. The number of hydrogen-bond acceptors (Lipinski definition) is 4. The number of aromatic nitrogens is 2. The molecule has 1 unspecified atom stereocenters. The van der Waals surface area contributed by atoms with Crippen LogP contribution < -0.4 is 4.90 Å². The Morgan fingerprint density at radius 1 is 1.56 bits per heavy atom. The fourth-order valence-electron chi connectivity index (χ4n) is 1.90. The molecule has 0 bridgehead atoms. The summed E-state index contributed by atoms with van der Waals surface area (Å²) in [6.45, 7) is 3.56. The normalized spacial score (nSPS) is 20.4. The molecule has 0 amide bonds. The Bertz CT molecular complexity index is 372. The first kappa shape index (κ1) is 11.6. The molecular weight excluding hydrogens is 226 g/mol. The molecule has 0 aromatic carbocycles. The van der Waals surface area contributed by atoms with E-state index in [0.29, 0.717) is 11.7 Å². The van der Waals surface area contributed by atoms with Crippen molar-refractivity contribution < 1.29 is 5.11 Å². The van der Waals surface area contributed by atoms with Gasteiger partial charge in [-0.25, -0.2) is 9.97 Å². The number of aryl methyl sites for hydroxylation is 1. The average Bonchev–Trinajstić information content (AvgIpc) is 2.64. The highest BCUT2D eigenvalue weighted by atomic mass is 35.5. The molecule has 0 saturated carbocycles. The van der Waals surface area contributed by atoms with Crippen LogP contribution in [0.15, 0.2) is 6.07 Å². The van der Waals surface area contributed by atoms with Crippen molar-refractivity contribution in [2.45, 2.75) is 32.3 Å². The van der Waals surface area contributed by atoms with Crippen molar-refractivity contribution in [3.8, 4) is 0 Å². The molecular formula is C11H16ClN3O. The molecule has 2 heterocycles. The number of aliphatic hydroxyl groups is 1. The first-order chi connectivity index (χ1) is 7.69. The summed E-state index contributed by atoms with van der Waals surface area (Å²) in [5.74, 6) is 1.62. The summed E-state index contributed by atoms with van der Waals surface area (Å²) in [4.78, 5) is 10.7. The van der Waals surface area contributed by atoms with E-state index in [-0.39, 0.29) is 6.10 Å². The molecule has 1 saturated heterocycles. The second kappa shape index (κ2) is 4.97. The maximum Gasteiger partial charge on any atom is 0.134 e. The van der Waals surface area contributed by atoms with Crippen LogP contribution in [0.25, 0.3) is 0 Å². The van der Waals surface area contributed by atoms with Crippen molar-refractivity contribution in [2.75, 3.05) is 18.0 Å². The third-order valence-electron chi connectivity index (χ3n) is 2.69. The highest BCUT2D eigenvalue weighted by Gasteiger charge is 2.22. The zero-order chi connectivity index (χ0) is 11.5. The lowest BCUT2D eigenvalue weighted by Gasteiger charge is -2.17. The number of anilines is 1. The molecule has 5 heteroatoms. The summed E-state index contributed by atoms with van der Waals surface area (Å²) in [7, 11) is 0. The van der Waals surface area contributed by atoms with Gasteiger partial charge in [0.25, 0.3) is 0 Å². The second-order valence-electron chi connectivity index (χ2n) is 4.10. The molecule has 0 radical (unpaired) electrons. The van der Waals surface area contributed by atoms with Crippen LogP contribution in [-0.2, 0) is 6.42 Å². The van der Waals surface area contributed by atoms with Gasteiger partial charge in [0.2, 0.25) is 0 Å². The molecule has 2 rings (SSSR count). The van der Waals surface area contributed by atoms with Crippen molar-refractivity contribution in [2.24, 2.45) is 0 Å². The van der Waals surface area contributed by atoms with E-state index in [9.17, 15) is 5.11 Å². The van der Waals surface area contributed by atoms with Gasteiger partial charge in [-0.15, -0.1) is 0 Å². The van der Waals surface area contributed by atoms with Crippen LogP contribution in [-0.4, -0.2) is 34.3 Å². The van der Waals surface area contributed by atoms with E-state index in [1.54, 1.807) is 6.07 Å². The zero-order valence-electron chi connectivity index (χ0n) is 9.36. The Morgan fingerprint density at radius 2 is 2.38 bits per heavy atom. The summed E-state index contributed by atoms with van der Waals surface area (Å²) in [5.41, 5.74) is 0. The Labute approximate surface area is 100 Å². The number of halogens is 1. The second-order valence-corrected chi connectivity index (χ2v) is 4.49. The van der Waals surface area contributed by atoms with Gasteiger partial charge in [0.1, 0.15) is 16.8 Å². The minimum atomic E-state index is -0.247. The van der Waals surface area contributed by atoms with E-state index in [2.05, 4.69) is 21.8 Å². The third-order valence-corrected chi connectivity index (χ3v) is 2.88. The average molecular weight is 242 g/mol. The lowest BCUT2D eigenvalue weighted by molar-refractivity contribution is 0.198. The topological polar surface area (TPSA) is 49.2 Å². The van der Waals surface area contributed by atoms with Crippen molar-refractivity contribution in [3.63, 3.8) is 0 Å². The summed E-state index contributed by atoms with van der Waals surface area (Å²) >= 11 is 5.96. The van der Waals surface area contributed by atoms with Crippen molar-refractivity contribution in [3.05, 3.63) is 17.0 Å². The molecule has 4 nitrogen and oxygen atoms in total. The third kappa shape index (κ3) is 2.62. The molecule has 1 atom stereocenters. The Kier molecular flexibility index (Phi) is 3.61. The number of rotatable bonds is 3. The molecule has 88 valence electrons. The fraction of sp³-hybridized carbons (Fsp3) is 0.636. The molecule has 1 aliphatic heterocycles. The fourth-order valence-corrected chi connectivity index (χ4v) is 2.09. The van der Waals surface area contributed by atoms with Gasteiger partial charge in [0.15, 0.2) is 0 Å². The van der Waals surface area contributed by atoms with Gasteiger partial charge in [0, 0.05) is 25.6 Å². The van der Waals surface area contributed by atoms with E-state index in [1.807, 2.05) is 0 Å². The first-order valence-corrected chi connectivity index (χ1v) is 6.03. The van der Waals surface area contributed by atoms with Gasteiger partial charge in [0.05, 0.1) is 6.10 Å². The van der Waals surface area contributed by atoms with Crippen molar-refractivity contribution in [1.29, 1.82) is 0 Å². The SMILES string of the molecule is CCCc1nc(Cl)cc(N2CCC(O)C2)n1. The smallest absolute Gasteiger partial charge is 0.134 e. The van der Waals surface area contributed by atoms with Gasteiger partial charge >= 0.3 is 0 Å². The highest BCUT2D eigenvalue weighted by molar-refractivity contribution is 6.29. The number of nitrogens with zero attached hydrogens (tertiary/aromatic N) is 3. The predicted molar refractivity (Wildman–Crippen MR) is 63.9 cm³/mol. The van der Waals surface area contributed by atoms with E-state index in [1.165, 1.54) is 0 Å². The maximum atomic E-state index is 9.48. The minimum Gasteiger partial charge on any atom is -0.391 e. The summed E-state index contributed by atoms with van der Waals surface area (Å²) < 4.78 is 0. The Hall–Kier alpha value is -0.870. The van der Waals surface area contributed by atoms with E-state index in [0.717, 1.165) is 37.4 Å². The highest BCUT2D eigenvalue weighted by Crippen LogP contribution is 2.21. The van der Waals surface area contributed by atoms with E-state index in [4.69, 9.17) is 11.6 Å². The molecule has 1 N–H and O–H groups in total. The molecule has 1 aliphatic rings. The van der Waals surface area contributed by atoms with Crippen molar-refractivity contribution in [1.82, 2.24) is 9.97 Å². The van der Waals surface area contributed by atoms with Crippen LogP contribution in [0, 0.1) is 0 Å². The summed E-state index contributed by atoms with van der Waals surface area (Å²) in [6, 6.07) is 1.76. The van der Waals surface area contributed by atoms with Gasteiger partial charge in [-0.2, -0.15) is 0 Å². The van der Waals surface area contributed by atoms with Gasteiger partial charge in [-0.3, -0.25) is 0 Å². The first-order valence-electron chi connectivity index (χ1n) is 5.65. The summed E-state index contributed by atoms with van der Waals surface area (Å²) in [5, 5.41) is 9.97. The Balaban J connectivity index is 2.20.